The molecule has 0 aliphatic rings. The van der Waals surface area contributed by atoms with Gasteiger partial charge in [-0.1, -0.05) is 36.4 Å². The van der Waals surface area contributed by atoms with Crippen LogP contribution in [0, 0.1) is 0 Å². The molecule has 2 heterocycles. The lowest BCUT2D eigenvalue weighted by molar-refractivity contribution is 0.102. The van der Waals surface area contributed by atoms with Crippen LogP contribution in [0.25, 0.3) is 21.9 Å². The molecule has 4 rings (SSSR count). The highest BCUT2D eigenvalue weighted by Crippen LogP contribution is 2.24. The summed E-state index contributed by atoms with van der Waals surface area (Å²) in [5.41, 5.74) is 2.48. The van der Waals surface area contributed by atoms with Gasteiger partial charge in [0.2, 0.25) is 0 Å². The van der Waals surface area contributed by atoms with E-state index in [1.54, 1.807) is 12.3 Å². The number of nitrogens with zero attached hydrogens (tertiary/aromatic N) is 2. The van der Waals surface area contributed by atoms with Crippen molar-refractivity contribution in [1.82, 2.24) is 15.0 Å². The van der Waals surface area contributed by atoms with E-state index in [-0.39, 0.29) is 5.91 Å². The van der Waals surface area contributed by atoms with E-state index in [0.717, 1.165) is 16.5 Å². The molecule has 5 heteroatoms. The highest BCUT2D eigenvalue weighted by Gasteiger charge is 2.13. The van der Waals surface area contributed by atoms with Gasteiger partial charge >= 0.3 is 0 Å². The summed E-state index contributed by atoms with van der Waals surface area (Å²) in [4.78, 5) is 23.7. The number of hydrogen-bond acceptors (Lipinski definition) is 3. The molecular formula is C17H12N4O. The molecular weight excluding hydrogens is 276 g/mol. The number of rotatable bonds is 2. The second-order valence-corrected chi connectivity index (χ2v) is 4.94. The van der Waals surface area contributed by atoms with Gasteiger partial charge in [-0.15, -0.1) is 0 Å². The van der Waals surface area contributed by atoms with Crippen molar-refractivity contribution in [2.45, 2.75) is 0 Å². The number of aromatic nitrogens is 3. The Balaban J connectivity index is 1.76. The number of fused-ring (bicyclic) bond motifs is 2. The second kappa shape index (κ2) is 4.96. The van der Waals surface area contributed by atoms with Gasteiger partial charge < -0.3 is 10.3 Å². The SMILES string of the molecule is O=C(Nc1cccc2ccccc12)c1ccnc2nc[nH]c12. The number of pyridine rings is 1. The number of H-pyrrole nitrogens is 1. The van der Waals surface area contributed by atoms with E-state index in [9.17, 15) is 4.79 Å². The van der Waals surface area contributed by atoms with Crippen LogP contribution in [0.4, 0.5) is 5.69 Å². The van der Waals surface area contributed by atoms with Crippen molar-refractivity contribution < 1.29 is 4.79 Å². The second-order valence-electron chi connectivity index (χ2n) is 4.94. The standard InChI is InChI=1S/C17H12N4O/c22-17(13-8-9-18-16-15(13)19-10-20-16)21-14-7-3-5-11-4-1-2-6-12(11)14/h1-10H,(H,21,22)(H,18,19,20). The van der Waals surface area contributed by atoms with Crippen LogP contribution in [-0.2, 0) is 0 Å². The first-order valence-electron chi connectivity index (χ1n) is 6.90. The summed E-state index contributed by atoms with van der Waals surface area (Å²) in [5, 5.41) is 5.06. The van der Waals surface area contributed by atoms with Crippen molar-refractivity contribution in [3.8, 4) is 0 Å². The van der Waals surface area contributed by atoms with Crippen molar-refractivity contribution in [2.24, 2.45) is 0 Å². The van der Waals surface area contributed by atoms with Gasteiger partial charge in [-0.05, 0) is 17.5 Å². The minimum Gasteiger partial charge on any atom is -0.343 e. The molecule has 0 radical (unpaired) electrons. The lowest BCUT2D eigenvalue weighted by Gasteiger charge is -2.09. The van der Waals surface area contributed by atoms with Crippen LogP contribution >= 0.6 is 0 Å². The molecule has 0 spiro atoms. The Morgan fingerprint density at radius 3 is 2.82 bits per heavy atom. The number of carbonyl (C=O) groups is 1. The first-order chi connectivity index (χ1) is 10.8. The number of nitrogens with one attached hydrogen (secondary N) is 2. The van der Waals surface area contributed by atoms with Crippen LogP contribution in [0.15, 0.2) is 61.1 Å². The predicted octanol–water partition coefficient (Wildman–Crippen LogP) is 3.36. The fourth-order valence-electron chi connectivity index (χ4n) is 2.56. The van der Waals surface area contributed by atoms with Crippen molar-refractivity contribution in [2.75, 3.05) is 5.32 Å². The molecule has 5 nitrogen and oxygen atoms in total. The molecule has 0 saturated carbocycles. The molecule has 0 atom stereocenters. The number of aromatic amines is 1. The summed E-state index contributed by atoms with van der Waals surface area (Å²) in [6, 6.07) is 15.5. The number of carbonyl (C=O) groups excluding carboxylic acids is 1. The molecule has 0 unspecified atom stereocenters. The Morgan fingerprint density at radius 1 is 1.00 bits per heavy atom. The first kappa shape index (κ1) is 12.5. The van der Waals surface area contributed by atoms with Crippen molar-refractivity contribution in [3.05, 3.63) is 66.6 Å². The highest BCUT2D eigenvalue weighted by molar-refractivity contribution is 6.13. The quantitative estimate of drug-likeness (QED) is 0.594. The third kappa shape index (κ3) is 2.00. The van der Waals surface area contributed by atoms with Crippen molar-refractivity contribution in [1.29, 1.82) is 0 Å². The summed E-state index contributed by atoms with van der Waals surface area (Å²) in [6.07, 6.45) is 3.12. The van der Waals surface area contributed by atoms with Gasteiger partial charge in [0.25, 0.3) is 5.91 Å². The highest BCUT2D eigenvalue weighted by atomic mass is 16.1. The van der Waals surface area contributed by atoms with Crippen LogP contribution < -0.4 is 5.32 Å². The molecule has 2 aromatic heterocycles. The molecule has 1 amide bonds. The van der Waals surface area contributed by atoms with E-state index in [2.05, 4.69) is 20.3 Å². The number of imidazole rings is 1. The molecule has 0 aliphatic heterocycles. The van der Waals surface area contributed by atoms with Crippen LogP contribution in [-0.4, -0.2) is 20.9 Å². The molecule has 0 fully saturated rings. The smallest absolute Gasteiger partial charge is 0.257 e. The lowest BCUT2D eigenvalue weighted by atomic mass is 10.1. The number of anilines is 1. The van der Waals surface area contributed by atoms with Crippen molar-refractivity contribution >= 4 is 33.5 Å². The minimum atomic E-state index is -0.187. The largest absolute Gasteiger partial charge is 0.343 e. The van der Waals surface area contributed by atoms with E-state index in [1.807, 2.05) is 42.5 Å². The molecule has 106 valence electrons. The molecule has 0 bridgehead atoms. The Kier molecular flexibility index (Phi) is 2.83. The fraction of sp³-hybridized carbons (Fsp3) is 0. The van der Waals surface area contributed by atoms with Crippen LogP contribution in [0.1, 0.15) is 10.4 Å². The molecule has 4 aromatic rings. The van der Waals surface area contributed by atoms with E-state index >= 15 is 0 Å². The summed E-state index contributed by atoms with van der Waals surface area (Å²) in [7, 11) is 0. The third-order valence-corrected chi connectivity index (χ3v) is 3.61. The maximum absolute atomic E-state index is 12.6. The maximum atomic E-state index is 12.6. The average molecular weight is 288 g/mol. The molecule has 0 aliphatic carbocycles. The van der Waals surface area contributed by atoms with Crippen LogP contribution in [0.2, 0.25) is 0 Å². The molecule has 0 saturated heterocycles. The zero-order valence-electron chi connectivity index (χ0n) is 11.6. The van der Waals surface area contributed by atoms with E-state index in [0.29, 0.717) is 16.7 Å². The summed E-state index contributed by atoms with van der Waals surface area (Å²) in [5.74, 6) is -0.187. The van der Waals surface area contributed by atoms with Crippen LogP contribution in [0.3, 0.4) is 0 Å². The van der Waals surface area contributed by atoms with Gasteiger partial charge in [-0.3, -0.25) is 4.79 Å². The van der Waals surface area contributed by atoms with E-state index in [4.69, 9.17) is 0 Å². The number of benzene rings is 2. The zero-order valence-corrected chi connectivity index (χ0v) is 11.6. The van der Waals surface area contributed by atoms with Crippen molar-refractivity contribution in [3.63, 3.8) is 0 Å². The third-order valence-electron chi connectivity index (χ3n) is 3.61. The monoisotopic (exact) mass is 288 g/mol. The van der Waals surface area contributed by atoms with Gasteiger partial charge in [0, 0.05) is 17.3 Å². The van der Waals surface area contributed by atoms with Gasteiger partial charge in [0.05, 0.1) is 17.4 Å². The number of amides is 1. The van der Waals surface area contributed by atoms with Gasteiger partial charge in [-0.2, -0.15) is 0 Å². The van der Waals surface area contributed by atoms with Crippen LogP contribution in [0.5, 0.6) is 0 Å². The Labute approximate surface area is 126 Å². The summed E-state index contributed by atoms with van der Waals surface area (Å²) >= 11 is 0. The number of hydrogen-bond donors (Lipinski definition) is 2. The Hall–Kier alpha value is -3.21. The lowest BCUT2D eigenvalue weighted by Crippen LogP contribution is -2.13. The van der Waals surface area contributed by atoms with Gasteiger partial charge in [0.15, 0.2) is 5.65 Å². The molecule has 2 aromatic carbocycles. The Morgan fingerprint density at radius 2 is 1.86 bits per heavy atom. The Bertz CT molecular complexity index is 985. The topological polar surface area (TPSA) is 70.7 Å². The van der Waals surface area contributed by atoms with E-state index in [1.165, 1.54) is 6.33 Å². The molecule has 2 N–H and O–H groups in total. The summed E-state index contributed by atoms with van der Waals surface area (Å²) in [6.45, 7) is 0. The first-order valence-corrected chi connectivity index (χ1v) is 6.90. The zero-order chi connectivity index (χ0) is 14.9. The van der Waals surface area contributed by atoms with Gasteiger partial charge in [0.1, 0.15) is 0 Å². The van der Waals surface area contributed by atoms with E-state index < -0.39 is 0 Å². The summed E-state index contributed by atoms with van der Waals surface area (Å²) < 4.78 is 0. The predicted molar refractivity (Wildman–Crippen MR) is 85.8 cm³/mol. The maximum Gasteiger partial charge on any atom is 0.257 e. The normalized spacial score (nSPS) is 10.9. The molecule has 22 heavy (non-hydrogen) atoms. The minimum absolute atomic E-state index is 0.187. The van der Waals surface area contributed by atoms with Gasteiger partial charge in [-0.25, -0.2) is 9.97 Å². The fourth-order valence-corrected chi connectivity index (χ4v) is 2.56. The average Bonchev–Trinajstić information content (AvgIpc) is 3.03.